The number of hydrogen-bond donors (Lipinski definition) is 1. The van der Waals surface area contributed by atoms with Crippen molar-refractivity contribution in [3.63, 3.8) is 0 Å². The van der Waals surface area contributed by atoms with Gasteiger partial charge in [0.2, 0.25) is 0 Å². The number of aliphatic hydroxyl groups excluding tert-OH is 1. The van der Waals surface area contributed by atoms with Gasteiger partial charge in [0.1, 0.15) is 12.4 Å². The van der Waals surface area contributed by atoms with Gasteiger partial charge in [-0.1, -0.05) is 18.2 Å². The van der Waals surface area contributed by atoms with Gasteiger partial charge in [-0.05, 0) is 24.6 Å². The fourth-order valence-electron chi connectivity index (χ4n) is 2.20. The van der Waals surface area contributed by atoms with Crippen LogP contribution in [0.2, 0.25) is 0 Å². The van der Waals surface area contributed by atoms with E-state index in [4.69, 9.17) is 0 Å². The van der Waals surface area contributed by atoms with Gasteiger partial charge in [0.15, 0.2) is 0 Å². The molecule has 0 saturated heterocycles. The first-order valence-corrected chi connectivity index (χ1v) is 6.05. The summed E-state index contributed by atoms with van der Waals surface area (Å²) in [5, 5.41) is 11.5. The van der Waals surface area contributed by atoms with Crippen molar-refractivity contribution in [1.29, 1.82) is 0 Å². The first-order valence-electron chi connectivity index (χ1n) is 6.05. The molecule has 0 aliphatic carbocycles. The SMILES string of the molecule is Cc1cc(C(O)c2cncnc2)c2ccccc2n1. The highest BCUT2D eigenvalue weighted by molar-refractivity contribution is 5.83. The topological polar surface area (TPSA) is 58.9 Å². The van der Waals surface area contributed by atoms with Crippen molar-refractivity contribution in [2.75, 3.05) is 0 Å². The van der Waals surface area contributed by atoms with E-state index in [1.54, 1.807) is 12.4 Å². The smallest absolute Gasteiger partial charge is 0.115 e. The molecule has 1 unspecified atom stereocenters. The van der Waals surface area contributed by atoms with Crippen molar-refractivity contribution in [3.8, 4) is 0 Å². The molecule has 0 amide bonds. The maximum Gasteiger partial charge on any atom is 0.115 e. The lowest BCUT2D eigenvalue weighted by atomic mass is 9.99. The summed E-state index contributed by atoms with van der Waals surface area (Å²) in [6.45, 7) is 1.92. The lowest BCUT2D eigenvalue weighted by molar-refractivity contribution is 0.221. The Morgan fingerprint density at radius 2 is 1.84 bits per heavy atom. The molecule has 3 rings (SSSR count). The monoisotopic (exact) mass is 251 g/mol. The number of nitrogens with zero attached hydrogens (tertiary/aromatic N) is 3. The summed E-state index contributed by atoms with van der Waals surface area (Å²) in [5.74, 6) is 0. The van der Waals surface area contributed by atoms with Gasteiger partial charge in [-0.25, -0.2) is 9.97 Å². The van der Waals surface area contributed by atoms with E-state index in [0.29, 0.717) is 5.56 Å². The third-order valence-corrected chi connectivity index (χ3v) is 3.07. The summed E-state index contributed by atoms with van der Waals surface area (Å²) in [5.41, 5.74) is 3.27. The Morgan fingerprint density at radius 3 is 2.63 bits per heavy atom. The maximum absolute atomic E-state index is 10.5. The average molecular weight is 251 g/mol. The highest BCUT2D eigenvalue weighted by Crippen LogP contribution is 2.28. The number of benzene rings is 1. The van der Waals surface area contributed by atoms with Crippen LogP contribution in [0.3, 0.4) is 0 Å². The summed E-state index contributed by atoms with van der Waals surface area (Å²) in [7, 11) is 0. The van der Waals surface area contributed by atoms with Crippen LogP contribution in [0.1, 0.15) is 22.9 Å². The maximum atomic E-state index is 10.5. The van der Waals surface area contributed by atoms with E-state index in [1.165, 1.54) is 6.33 Å². The number of rotatable bonds is 2. The van der Waals surface area contributed by atoms with Crippen LogP contribution in [-0.2, 0) is 0 Å². The van der Waals surface area contributed by atoms with E-state index in [9.17, 15) is 5.11 Å². The normalized spacial score (nSPS) is 12.5. The molecule has 3 aromatic rings. The second kappa shape index (κ2) is 4.74. The zero-order valence-electron chi connectivity index (χ0n) is 10.5. The Labute approximate surface area is 110 Å². The van der Waals surface area contributed by atoms with Gasteiger partial charge in [-0.2, -0.15) is 0 Å². The second-order valence-corrected chi connectivity index (χ2v) is 4.44. The molecule has 0 aliphatic rings. The molecule has 0 radical (unpaired) electrons. The number of pyridine rings is 1. The molecule has 4 heteroatoms. The quantitative estimate of drug-likeness (QED) is 0.760. The van der Waals surface area contributed by atoms with Crippen molar-refractivity contribution in [3.05, 3.63) is 65.9 Å². The van der Waals surface area contributed by atoms with Crippen LogP contribution in [0, 0.1) is 6.92 Å². The van der Waals surface area contributed by atoms with E-state index in [1.807, 2.05) is 37.3 Å². The van der Waals surface area contributed by atoms with E-state index in [0.717, 1.165) is 22.2 Å². The number of hydrogen-bond acceptors (Lipinski definition) is 4. The predicted octanol–water partition coefficient (Wildman–Crippen LogP) is 2.41. The highest BCUT2D eigenvalue weighted by atomic mass is 16.3. The van der Waals surface area contributed by atoms with E-state index in [2.05, 4.69) is 15.0 Å². The predicted molar refractivity (Wildman–Crippen MR) is 72.6 cm³/mol. The first kappa shape index (κ1) is 11.7. The Bertz CT molecular complexity index is 713. The van der Waals surface area contributed by atoms with Crippen LogP contribution in [0.25, 0.3) is 10.9 Å². The molecule has 0 aliphatic heterocycles. The third-order valence-electron chi connectivity index (χ3n) is 3.07. The summed E-state index contributed by atoms with van der Waals surface area (Å²) < 4.78 is 0. The van der Waals surface area contributed by atoms with Gasteiger partial charge in [0.25, 0.3) is 0 Å². The molecule has 2 heterocycles. The highest BCUT2D eigenvalue weighted by Gasteiger charge is 2.15. The minimum Gasteiger partial charge on any atom is -0.384 e. The fraction of sp³-hybridized carbons (Fsp3) is 0.133. The number of fused-ring (bicyclic) bond motifs is 1. The molecule has 4 nitrogen and oxygen atoms in total. The molecule has 1 atom stereocenters. The van der Waals surface area contributed by atoms with Crippen LogP contribution >= 0.6 is 0 Å². The molecule has 0 saturated carbocycles. The molecule has 19 heavy (non-hydrogen) atoms. The van der Waals surface area contributed by atoms with Crippen LogP contribution in [0.5, 0.6) is 0 Å². The van der Waals surface area contributed by atoms with E-state index < -0.39 is 6.10 Å². The molecule has 0 fully saturated rings. The fourth-order valence-corrected chi connectivity index (χ4v) is 2.20. The molecule has 0 spiro atoms. The Hall–Kier alpha value is -2.33. The van der Waals surface area contributed by atoms with Crippen molar-refractivity contribution < 1.29 is 5.11 Å². The summed E-state index contributed by atoms with van der Waals surface area (Å²) in [4.78, 5) is 12.4. The van der Waals surface area contributed by atoms with Gasteiger partial charge < -0.3 is 5.11 Å². The lowest BCUT2D eigenvalue weighted by Crippen LogP contribution is -2.03. The van der Waals surface area contributed by atoms with Crippen molar-refractivity contribution >= 4 is 10.9 Å². The molecule has 1 aromatic carbocycles. The molecule has 0 bridgehead atoms. The summed E-state index contributed by atoms with van der Waals surface area (Å²) in [6.07, 6.45) is 3.96. The minimum absolute atomic E-state index is 0.679. The zero-order chi connectivity index (χ0) is 13.2. The van der Waals surface area contributed by atoms with Crippen LogP contribution in [0.4, 0.5) is 0 Å². The van der Waals surface area contributed by atoms with Gasteiger partial charge in [0, 0.05) is 29.0 Å². The first-order chi connectivity index (χ1) is 9.25. The van der Waals surface area contributed by atoms with Crippen LogP contribution in [-0.4, -0.2) is 20.1 Å². The van der Waals surface area contributed by atoms with Crippen molar-refractivity contribution in [1.82, 2.24) is 15.0 Å². The van der Waals surface area contributed by atoms with Crippen LogP contribution in [0.15, 0.2) is 49.1 Å². The molecular formula is C15H13N3O. The molecular weight excluding hydrogens is 238 g/mol. The Balaban J connectivity index is 2.19. The number of aryl methyl sites for hydroxylation is 1. The van der Waals surface area contributed by atoms with Gasteiger partial charge in [0.05, 0.1) is 5.52 Å². The number of aliphatic hydroxyl groups is 1. The largest absolute Gasteiger partial charge is 0.384 e. The van der Waals surface area contributed by atoms with Crippen LogP contribution < -0.4 is 0 Å². The average Bonchev–Trinajstić information content (AvgIpc) is 2.46. The standard InChI is InChI=1S/C15H13N3O/c1-10-6-13(12-4-2-3-5-14(12)18-10)15(19)11-7-16-9-17-8-11/h2-9,15,19H,1H3. The summed E-state index contributed by atoms with van der Waals surface area (Å²) in [6, 6.07) is 9.69. The number of aromatic nitrogens is 3. The zero-order valence-corrected chi connectivity index (χ0v) is 10.5. The molecule has 94 valence electrons. The number of para-hydroxylation sites is 1. The minimum atomic E-state index is -0.743. The van der Waals surface area contributed by atoms with Crippen molar-refractivity contribution in [2.45, 2.75) is 13.0 Å². The Kier molecular flexibility index (Phi) is 2.93. The van der Waals surface area contributed by atoms with E-state index in [-0.39, 0.29) is 0 Å². The summed E-state index contributed by atoms with van der Waals surface area (Å²) >= 11 is 0. The van der Waals surface area contributed by atoms with E-state index >= 15 is 0 Å². The Morgan fingerprint density at radius 1 is 1.11 bits per heavy atom. The lowest BCUT2D eigenvalue weighted by Gasteiger charge is -2.14. The van der Waals surface area contributed by atoms with Crippen molar-refractivity contribution in [2.24, 2.45) is 0 Å². The van der Waals surface area contributed by atoms with Gasteiger partial charge >= 0.3 is 0 Å². The molecule has 2 aromatic heterocycles. The third kappa shape index (κ3) is 2.18. The molecule has 1 N–H and O–H groups in total. The van der Waals surface area contributed by atoms with Gasteiger partial charge in [-0.3, -0.25) is 4.98 Å². The second-order valence-electron chi connectivity index (χ2n) is 4.44. The van der Waals surface area contributed by atoms with Gasteiger partial charge in [-0.15, -0.1) is 0 Å².